The van der Waals surface area contributed by atoms with E-state index in [4.69, 9.17) is 17.7 Å². The van der Waals surface area contributed by atoms with Gasteiger partial charge < -0.3 is 37.6 Å². The molecule has 0 saturated carbocycles. The van der Waals surface area contributed by atoms with Crippen LogP contribution < -0.4 is 39.7 Å². The predicted molar refractivity (Wildman–Crippen MR) is 269 cm³/mol. The van der Waals surface area contributed by atoms with Gasteiger partial charge in [-0.1, -0.05) is 0 Å². The molecule has 12 nitrogen and oxygen atoms in total. The third-order valence-electron chi connectivity index (χ3n) is 13.3. The Balaban J connectivity index is 1.15. The van der Waals surface area contributed by atoms with E-state index in [2.05, 4.69) is 161 Å². The van der Waals surface area contributed by atoms with Gasteiger partial charge in [-0.2, -0.15) is 0 Å². The average molecular weight is 945 g/mol. The largest absolute Gasteiger partial charge is 0.464 e. The van der Waals surface area contributed by atoms with E-state index in [-0.39, 0.29) is 0 Å². The number of aryl methyl sites for hydroxylation is 4. The zero-order chi connectivity index (χ0) is 48.5. The topological polar surface area (TPSA) is 131 Å². The number of nitrogens with zero attached hydrogens (tertiary/aromatic N) is 4. The molecule has 0 spiro atoms. The zero-order valence-corrected chi connectivity index (χ0v) is 39.9. The second kappa shape index (κ2) is 17.1. The summed E-state index contributed by atoms with van der Waals surface area (Å²) >= 11 is 0. The number of aromatic nitrogens is 8. The van der Waals surface area contributed by atoms with E-state index in [9.17, 15) is 0 Å². The first-order chi connectivity index (χ1) is 35.2. The van der Waals surface area contributed by atoms with Crippen LogP contribution in [0.3, 0.4) is 0 Å². The summed E-state index contributed by atoms with van der Waals surface area (Å²) in [4.78, 5) is 15.8. The molecule has 1 aliphatic heterocycles. The molecule has 8 bridgehead atoms. The van der Waals surface area contributed by atoms with Gasteiger partial charge >= 0.3 is 0 Å². The Morgan fingerprint density at radius 3 is 0.736 bits per heavy atom. The van der Waals surface area contributed by atoms with Gasteiger partial charge in [0.25, 0.3) is 0 Å². The summed E-state index contributed by atoms with van der Waals surface area (Å²) in [6.45, 7) is 0. The maximum atomic E-state index is 5.97. The number of fused-ring (bicyclic) bond motifs is 8. The van der Waals surface area contributed by atoms with E-state index < -0.39 is 0 Å². The summed E-state index contributed by atoms with van der Waals surface area (Å²) in [5, 5.41) is 3.68. The van der Waals surface area contributed by atoms with E-state index >= 15 is 0 Å². The highest BCUT2D eigenvalue weighted by Crippen LogP contribution is 2.32. The molecule has 13 rings (SSSR count). The predicted octanol–water partition coefficient (Wildman–Crippen LogP) is 6.64. The molecule has 1 aliphatic rings. The monoisotopic (exact) mass is 944 g/mol. The lowest BCUT2D eigenvalue weighted by Crippen LogP contribution is -2.29. The molecule has 13 heterocycles. The molecule has 12 heteroatoms. The number of furan rings is 4. The number of aromatic amines is 4. The van der Waals surface area contributed by atoms with Crippen LogP contribution in [0.5, 0.6) is 0 Å². The number of rotatable bonds is 8. The second-order valence-electron chi connectivity index (χ2n) is 18.5. The molecular weight excluding hydrogens is 897 g/mol. The van der Waals surface area contributed by atoms with Gasteiger partial charge in [0.2, 0.25) is 0 Å². The number of pyridine rings is 4. The molecule has 12 aromatic heterocycles. The molecule has 0 aliphatic carbocycles. The summed E-state index contributed by atoms with van der Waals surface area (Å²) in [6.07, 6.45) is 23.8. The van der Waals surface area contributed by atoms with Crippen LogP contribution in [0.15, 0.2) is 214 Å². The maximum Gasteiger partial charge on any atom is 0.179 e. The molecule has 0 atom stereocenters. The van der Waals surface area contributed by atoms with Crippen molar-refractivity contribution in [3.63, 3.8) is 0 Å². The van der Waals surface area contributed by atoms with Gasteiger partial charge in [-0.25, -0.2) is 18.3 Å². The van der Waals surface area contributed by atoms with Gasteiger partial charge in [0.05, 0.1) is 69.6 Å². The Morgan fingerprint density at radius 2 is 0.514 bits per heavy atom. The molecule has 72 heavy (non-hydrogen) atoms. The summed E-state index contributed by atoms with van der Waals surface area (Å²) in [5.74, 6) is 3.12. The number of hydrogen-bond acceptors (Lipinski definition) is 4. The molecule has 0 fully saturated rings. The van der Waals surface area contributed by atoms with Gasteiger partial charge in [-0.3, -0.25) is 0 Å². The Labute approximate surface area is 412 Å². The highest BCUT2D eigenvalue weighted by atomic mass is 16.3. The zero-order valence-electron chi connectivity index (χ0n) is 39.9. The van der Waals surface area contributed by atoms with Crippen molar-refractivity contribution < 1.29 is 35.9 Å². The number of hydrogen-bond donors (Lipinski definition) is 4. The molecule has 0 saturated heterocycles. The van der Waals surface area contributed by atoms with Crippen LogP contribution in [0.25, 0.3) is 67.6 Å². The molecule has 0 unspecified atom stereocenters. The maximum absolute atomic E-state index is 5.97. The van der Waals surface area contributed by atoms with E-state index in [0.29, 0.717) is 0 Å². The molecule has 4 N–H and O–H groups in total. The van der Waals surface area contributed by atoms with E-state index in [1.165, 1.54) is 0 Å². The summed E-state index contributed by atoms with van der Waals surface area (Å²) in [6, 6.07) is 41.8. The van der Waals surface area contributed by atoms with Gasteiger partial charge in [-0.15, -0.1) is 0 Å². The lowest BCUT2D eigenvalue weighted by Gasteiger charge is -2.10. The van der Waals surface area contributed by atoms with E-state index in [1.807, 2.05) is 76.7 Å². The highest BCUT2D eigenvalue weighted by molar-refractivity contribution is 5.86. The third-order valence-corrected chi connectivity index (χ3v) is 13.3. The SMILES string of the molecule is C[n+]1cc(C2=c3ccc([nH]3)=C(c3cc(-c4ccco4)c[n+](C)c3)c3ccc([nH]3)C(c3cc(-c4ccco4)c[n+](C)c3)=c3ccc([nH]3)=C(c3cc(-c4ccco4)c[n+](C)c3)c3ccc2[nH]3)cc(-c2ccco2)c1. The Bertz CT molecular complexity index is 3710. The van der Waals surface area contributed by atoms with Gasteiger partial charge in [0.15, 0.2) is 49.6 Å². The first-order valence-corrected chi connectivity index (χ1v) is 23.7. The minimum absolute atomic E-state index is 0.781. The molecule has 0 amide bonds. The van der Waals surface area contributed by atoms with Crippen LogP contribution in [-0.4, -0.2) is 19.9 Å². The van der Waals surface area contributed by atoms with Crippen molar-refractivity contribution in [3.05, 3.63) is 262 Å². The fraction of sp³-hybridized carbons (Fsp3) is 0.0667. The molecule has 0 radical (unpaired) electrons. The second-order valence-corrected chi connectivity index (χ2v) is 18.5. The minimum atomic E-state index is 0.781. The smallest absolute Gasteiger partial charge is 0.179 e. The third kappa shape index (κ3) is 7.67. The van der Waals surface area contributed by atoms with E-state index in [1.54, 1.807) is 25.1 Å². The van der Waals surface area contributed by atoms with Crippen LogP contribution in [0.2, 0.25) is 0 Å². The Kier molecular flexibility index (Phi) is 10.1. The van der Waals surface area contributed by atoms with Crippen LogP contribution in [0.4, 0.5) is 0 Å². The van der Waals surface area contributed by atoms with Crippen molar-refractivity contribution in [1.29, 1.82) is 0 Å². The van der Waals surface area contributed by atoms with Crippen LogP contribution in [0.1, 0.15) is 45.0 Å². The number of nitrogens with one attached hydrogen (secondary N) is 4. The average Bonchev–Trinajstić information content (AvgIpc) is 4.21. The lowest BCUT2D eigenvalue weighted by atomic mass is 10.0. The van der Waals surface area contributed by atoms with Gasteiger partial charge in [0, 0.05) is 66.5 Å². The Hall–Kier alpha value is -9.68. The van der Waals surface area contributed by atoms with E-state index in [0.717, 1.165) is 134 Å². The normalized spacial score (nSPS) is 12.6. The first kappa shape index (κ1) is 42.4. The molecule has 0 aromatic carbocycles. The molecular formula is C60H48N8O4+4. The molecule has 12 aromatic rings. The standard InChI is InChI=1S/C60H48N8O4/c1-65-29-37(53-9-5-21-69-53)25-41(33-65)57-45-13-15-47(61-45)58(42-26-38(30-66(2)34-42)54-10-6-22-70-54)49-17-19-51(63-49)60(44-28-40(32-68(4)36-44)56-12-8-24-72-56)52-20-18-50(64-52)59(48-16-14-46(57)62-48)43-27-39(31-67(3)35-43)55-11-7-23-71-55/h5-36,61-64H,1-4H3/q+4. The fourth-order valence-electron chi connectivity index (χ4n) is 10.3. The van der Waals surface area contributed by atoms with Crippen LogP contribution in [-0.2, 0) is 28.2 Å². The summed E-state index contributed by atoms with van der Waals surface area (Å²) in [5.41, 5.74) is 15.4. The van der Waals surface area contributed by atoms with Crippen molar-refractivity contribution >= 4 is 22.3 Å². The van der Waals surface area contributed by atoms with Crippen molar-refractivity contribution in [2.75, 3.05) is 0 Å². The van der Waals surface area contributed by atoms with Crippen molar-refractivity contribution in [2.45, 2.75) is 0 Å². The van der Waals surface area contributed by atoms with Crippen molar-refractivity contribution in [2.24, 2.45) is 28.2 Å². The van der Waals surface area contributed by atoms with Crippen LogP contribution >= 0.6 is 0 Å². The van der Waals surface area contributed by atoms with Crippen molar-refractivity contribution in [1.82, 2.24) is 19.9 Å². The summed E-state index contributed by atoms with van der Waals surface area (Å²) < 4.78 is 32.2. The minimum Gasteiger partial charge on any atom is -0.464 e. The summed E-state index contributed by atoms with van der Waals surface area (Å²) in [7, 11) is 8.19. The number of H-pyrrole nitrogens is 4. The first-order valence-electron chi connectivity index (χ1n) is 23.7. The Morgan fingerprint density at radius 1 is 0.278 bits per heavy atom. The van der Waals surface area contributed by atoms with Gasteiger partial charge in [0.1, 0.15) is 51.2 Å². The van der Waals surface area contributed by atoms with Crippen molar-refractivity contribution in [3.8, 4) is 45.3 Å². The molecule has 348 valence electrons. The highest BCUT2D eigenvalue weighted by Gasteiger charge is 2.24. The fourth-order valence-corrected chi connectivity index (χ4v) is 10.3. The van der Waals surface area contributed by atoms with Crippen LogP contribution in [0, 0.1) is 0 Å². The quantitative estimate of drug-likeness (QED) is 0.127. The lowest BCUT2D eigenvalue weighted by molar-refractivity contribution is -0.671. The van der Waals surface area contributed by atoms with Gasteiger partial charge in [-0.05, 0) is 121 Å².